The van der Waals surface area contributed by atoms with Crippen molar-refractivity contribution in [1.82, 2.24) is 9.78 Å². The van der Waals surface area contributed by atoms with E-state index in [2.05, 4.69) is 17.7 Å². The van der Waals surface area contributed by atoms with Crippen LogP contribution in [0.2, 0.25) is 0 Å². The first-order valence-electron chi connectivity index (χ1n) is 7.45. The van der Waals surface area contributed by atoms with E-state index in [0.29, 0.717) is 18.5 Å². The molecule has 2 heterocycles. The molecular formula is C16H19N3O3S. The van der Waals surface area contributed by atoms with E-state index < -0.39 is 11.7 Å². The Bertz CT molecular complexity index is 778. The Morgan fingerprint density at radius 2 is 2.13 bits per heavy atom. The van der Waals surface area contributed by atoms with Crippen molar-refractivity contribution in [2.75, 3.05) is 11.4 Å². The maximum Gasteiger partial charge on any atom is 0.435 e. The summed E-state index contributed by atoms with van der Waals surface area (Å²) in [4.78, 5) is 26.1. The third kappa shape index (κ3) is 3.06. The Morgan fingerprint density at radius 3 is 2.74 bits per heavy atom. The number of carbonyl (C=O) groups is 2. The van der Waals surface area contributed by atoms with Crippen molar-refractivity contribution >= 4 is 41.2 Å². The predicted molar refractivity (Wildman–Crippen MR) is 91.1 cm³/mol. The van der Waals surface area contributed by atoms with Gasteiger partial charge in [0.15, 0.2) is 0 Å². The highest BCUT2D eigenvalue weighted by atomic mass is 32.1. The summed E-state index contributed by atoms with van der Waals surface area (Å²) < 4.78 is 6.59. The van der Waals surface area contributed by atoms with Crippen LogP contribution < -0.4 is 4.90 Å². The number of hydrogen-bond donors (Lipinski definition) is 1. The molecule has 2 aromatic rings. The number of hydrogen-bond acceptors (Lipinski definition) is 5. The molecule has 1 aliphatic rings. The molecule has 1 saturated heterocycles. The Morgan fingerprint density at radius 1 is 1.39 bits per heavy atom. The molecule has 122 valence electrons. The number of ether oxygens (including phenoxy) is 1. The molecular weight excluding hydrogens is 314 g/mol. The van der Waals surface area contributed by atoms with Crippen molar-refractivity contribution in [3.8, 4) is 0 Å². The lowest BCUT2D eigenvalue weighted by Gasteiger charge is -2.19. The van der Waals surface area contributed by atoms with Crippen LogP contribution in [0, 0.1) is 0 Å². The molecule has 0 radical (unpaired) electrons. The lowest BCUT2D eigenvalue weighted by Crippen LogP contribution is -2.27. The highest BCUT2D eigenvalue weighted by molar-refractivity contribution is 7.81. The first-order chi connectivity index (χ1) is 10.8. The van der Waals surface area contributed by atoms with Gasteiger partial charge < -0.3 is 9.64 Å². The van der Waals surface area contributed by atoms with Crippen LogP contribution in [0.1, 0.15) is 27.2 Å². The molecule has 0 N–H and O–H groups in total. The van der Waals surface area contributed by atoms with Gasteiger partial charge in [-0.3, -0.25) is 4.79 Å². The van der Waals surface area contributed by atoms with Crippen molar-refractivity contribution in [2.45, 2.75) is 38.0 Å². The summed E-state index contributed by atoms with van der Waals surface area (Å²) in [6.45, 7) is 5.96. The number of nitrogens with zero attached hydrogens (tertiary/aromatic N) is 3. The number of fused-ring (bicyclic) bond motifs is 1. The van der Waals surface area contributed by atoms with Crippen LogP contribution in [0.15, 0.2) is 24.4 Å². The summed E-state index contributed by atoms with van der Waals surface area (Å²) >= 11 is 4.38. The minimum absolute atomic E-state index is 0.0265. The van der Waals surface area contributed by atoms with Crippen LogP contribution in [0.4, 0.5) is 10.5 Å². The fraction of sp³-hybridized carbons (Fsp3) is 0.438. The molecule has 1 unspecified atom stereocenters. The quantitative estimate of drug-likeness (QED) is 0.815. The fourth-order valence-corrected chi connectivity index (χ4v) is 2.96. The molecule has 0 aliphatic carbocycles. The third-order valence-corrected chi connectivity index (χ3v) is 3.90. The highest BCUT2D eigenvalue weighted by Gasteiger charge is 2.30. The fourth-order valence-electron chi connectivity index (χ4n) is 2.64. The number of benzene rings is 1. The van der Waals surface area contributed by atoms with Gasteiger partial charge in [0.25, 0.3) is 0 Å². The molecule has 1 fully saturated rings. The summed E-state index contributed by atoms with van der Waals surface area (Å²) in [5.74, 6) is 0.0301. The van der Waals surface area contributed by atoms with Crippen molar-refractivity contribution < 1.29 is 14.3 Å². The molecule has 1 aromatic heterocycles. The summed E-state index contributed by atoms with van der Waals surface area (Å²) in [5, 5.41) is 4.91. The van der Waals surface area contributed by atoms with Gasteiger partial charge in [-0.25, -0.2) is 4.79 Å². The molecule has 1 aliphatic heterocycles. The maximum atomic E-state index is 12.3. The zero-order chi connectivity index (χ0) is 16.8. The summed E-state index contributed by atoms with van der Waals surface area (Å²) in [6, 6.07) is 5.45. The molecule has 0 saturated carbocycles. The zero-order valence-electron chi connectivity index (χ0n) is 13.3. The van der Waals surface area contributed by atoms with Crippen LogP contribution >= 0.6 is 12.6 Å². The predicted octanol–water partition coefficient (Wildman–Crippen LogP) is 2.85. The number of amides is 1. The van der Waals surface area contributed by atoms with Crippen molar-refractivity contribution in [2.24, 2.45) is 0 Å². The van der Waals surface area contributed by atoms with Gasteiger partial charge in [0.05, 0.1) is 17.4 Å². The van der Waals surface area contributed by atoms with Gasteiger partial charge in [0, 0.05) is 23.6 Å². The van der Waals surface area contributed by atoms with Crippen LogP contribution in [0.25, 0.3) is 10.9 Å². The number of aromatic nitrogens is 2. The van der Waals surface area contributed by atoms with Gasteiger partial charge >= 0.3 is 6.09 Å². The molecule has 3 rings (SSSR count). The van der Waals surface area contributed by atoms with Gasteiger partial charge in [-0.2, -0.15) is 22.4 Å². The normalized spacial score (nSPS) is 18.7. The lowest BCUT2D eigenvalue weighted by atomic mass is 10.2. The van der Waals surface area contributed by atoms with Crippen LogP contribution in [-0.2, 0) is 9.53 Å². The van der Waals surface area contributed by atoms with E-state index in [4.69, 9.17) is 4.74 Å². The lowest BCUT2D eigenvalue weighted by molar-refractivity contribution is -0.117. The Balaban J connectivity index is 2.01. The second kappa shape index (κ2) is 5.56. The summed E-state index contributed by atoms with van der Waals surface area (Å²) in [7, 11) is 0. The van der Waals surface area contributed by atoms with E-state index in [1.807, 2.05) is 6.07 Å². The molecule has 1 amide bonds. The highest BCUT2D eigenvalue weighted by Crippen LogP contribution is 2.31. The van der Waals surface area contributed by atoms with Gasteiger partial charge in [0.2, 0.25) is 5.91 Å². The maximum absolute atomic E-state index is 12.3. The van der Waals surface area contributed by atoms with Crippen LogP contribution in [-0.4, -0.2) is 39.2 Å². The van der Waals surface area contributed by atoms with Crippen molar-refractivity contribution in [1.29, 1.82) is 0 Å². The molecule has 0 bridgehead atoms. The van der Waals surface area contributed by atoms with E-state index in [-0.39, 0.29) is 11.2 Å². The molecule has 6 nitrogen and oxygen atoms in total. The topological polar surface area (TPSA) is 64.4 Å². The zero-order valence-corrected chi connectivity index (χ0v) is 14.2. The Hall–Kier alpha value is -2.02. The third-order valence-electron chi connectivity index (χ3n) is 3.55. The minimum Gasteiger partial charge on any atom is -0.442 e. The van der Waals surface area contributed by atoms with E-state index in [1.165, 1.54) is 4.68 Å². The number of thiol groups is 1. The largest absolute Gasteiger partial charge is 0.442 e. The molecule has 1 aromatic carbocycles. The summed E-state index contributed by atoms with van der Waals surface area (Å²) in [5.41, 5.74) is 0.767. The van der Waals surface area contributed by atoms with Crippen molar-refractivity contribution in [3.63, 3.8) is 0 Å². The first-order valence-corrected chi connectivity index (χ1v) is 7.96. The van der Waals surface area contributed by atoms with Gasteiger partial charge in [-0.05, 0) is 32.9 Å². The smallest absolute Gasteiger partial charge is 0.435 e. The van der Waals surface area contributed by atoms with E-state index >= 15 is 0 Å². The number of anilines is 1. The second-order valence-electron chi connectivity index (χ2n) is 6.61. The standard InChI is InChI=1S/C16H19N3O3S/c1-16(2,3)22-15(21)19-13-6-4-5-12(11(13)8-17-19)18-9-10(23)7-14(18)20/h4-6,8,10,23H,7,9H2,1-3H3. The van der Waals surface area contributed by atoms with Crippen molar-refractivity contribution in [3.05, 3.63) is 24.4 Å². The second-order valence-corrected chi connectivity index (χ2v) is 7.34. The number of carbonyl (C=O) groups excluding carboxylic acids is 2. The van der Waals surface area contributed by atoms with E-state index in [9.17, 15) is 9.59 Å². The van der Waals surface area contributed by atoms with Crippen LogP contribution in [0.3, 0.4) is 0 Å². The minimum atomic E-state index is -0.600. The van der Waals surface area contributed by atoms with Gasteiger partial charge in [0.1, 0.15) is 5.60 Å². The molecule has 1 atom stereocenters. The monoisotopic (exact) mass is 333 g/mol. The average molecular weight is 333 g/mol. The molecule has 23 heavy (non-hydrogen) atoms. The Kier molecular flexibility index (Phi) is 3.83. The van der Waals surface area contributed by atoms with E-state index in [1.54, 1.807) is 44.0 Å². The SMILES string of the molecule is CC(C)(C)OC(=O)n1ncc2c(N3CC(S)CC3=O)cccc21. The Labute approximate surface area is 139 Å². The molecule has 0 spiro atoms. The van der Waals surface area contributed by atoms with E-state index in [0.717, 1.165) is 11.1 Å². The van der Waals surface area contributed by atoms with Gasteiger partial charge in [-0.15, -0.1) is 0 Å². The van der Waals surface area contributed by atoms with Crippen LogP contribution in [0.5, 0.6) is 0 Å². The average Bonchev–Trinajstić information content (AvgIpc) is 2.99. The first kappa shape index (κ1) is 15.9. The van der Waals surface area contributed by atoms with Gasteiger partial charge in [-0.1, -0.05) is 6.07 Å². The summed E-state index contributed by atoms with van der Waals surface area (Å²) in [6.07, 6.45) is 1.47. The molecule has 7 heteroatoms. The number of rotatable bonds is 1.